The Morgan fingerprint density at radius 2 is 1.20 bits per heavy atom. The zero-order valence-electron chi connectivity index (χ0n) is 44.8. The molecule has 6 aromatic rings. The molecule has 2 bridgehead atoms. The van der Waals surface area contributed by atoms with Crippen LogP contribution in [0.15, 0.2) is 134 Å². The van der Waals surface area contributed by atoms with Crippen molar-refractivity contribution in [3.8, 4) is 71.0 Å². The summed E-state index contributed by atoms with van der Waals surface area (Å²) in [6, 6.07) is 35.2. The van der Waals surface area contributed by atoms with Gasteiger partial charge in [0.2, 0.25) is 0 Å². The van der Waals surface area contributed by atoms with Crippen LogP contribution in [0.2, 0.25) is 0 Å². The quantitative estimate of drug-likeness (QED) is 0.0336. The Morgan fingerprint density at radius 3 is 1.64 bits per heavy atom. The molecule has 80 heavy (non-hydrogen) atoms. The SMILES string of the molecule is C.C#CC#CC#C.C=C[C@H]1CN2CC[C@H]1C[C@H]2[C@H](O)c1ccnc2ccccc12.COc1ccc(CC[C@@H](O)c2cccc(OCC(=O)O)c2)cc1OC.COc1ccc(CC[C@@H](O)c2cccc(OCC(=O)O)c2)cc1OC.Cl. The predicted molar refractivity (Wildman–Crippen MR) is 313 cm³/mol. The van der Waals surface area contributed by atoms with Gasteiger partial charge in [0, 0.05) is 24.2 Å². The molecular weight excluding hydrogens is 1040 g/mol. The van der Waals surface area contributed by atoms with Crippen LogP contribution >= 0.6 is 12.4 Å². The van der Waals surface area contributed by atoms with E-state index in [9.17, 15) is 24.9 Å². The minimum Gasteiger partial charge on any atom is -0.493 e. The number of carboxylic acids is 2. The van der Waals surface area contributed by atoms with Crippen molar-refractivity contribution in [2.24, 2.45) is 11.8 Å². The monoisotopic (exact) mass is 1110 g/mol. The number of para-hydroxylation sites is 1. The lowest BCUT2D eigenvalue weighted by Gasteiger charge is -2.50. The van der Waals surface area contributed by atoms with Gasteiger partial charge >= 0.3 is 11.9 Å². The van der Waals surface area contributed by atoms with Gasteiger partial charge in [-0.3, -0.25) is 9.88 Å². The molecule has 3 saturated heterocycles. The molecule has 0 aliphatic carbocycles. The van der Waals surface area contributed by atoms with Gasteiger partial charge in [0.05, 0.1) is 52.3 Å². The number of methoxy groups -OCH3 is 4. The molecule has 4 heterocycles. The maximum Gasteiger partial charge on any atom is 0.341 e. The lowest BCUT2D eigenvalue weighted by atomic mass is 9.73. The molecular formula is C64H73ClN2O13. The molecule has 3 aliphatic heterocycles. The summed E-state index contributed by atoms with van der Waals surface area (Å²) < 4.78 is 31.2. The van der Waals surface area contributed by atoms with E-state index in [4.69, 9.17) is 51.5 Å². The minimum atomic E-state index is -1.04. The highest BCUT2D eigenvalue weighted by Crippen LogP contribution is 2.42. The Balaban J connectivity index is 0.000000296. The summed E-state index contributed by atoms with van der Waals surface area (Å²) in [4.78, 5) is 28.0. The van der Waals surface area contributed by atoms with E-state index in [0.717, 1.165) is 47.1 Å². The Kier molecular flexibility index (Phi) is 28.6. The predicted octanol–water partition coefficient (Wildman–Crippen LogP) is 10.1. The van der Waals surface area contributed by atoms with Crippen molar-refractivity contribution in [3.05, 3.63) is 162 Å². The number of aliphatic hydroxyl groups is 3. The van der Waals surface area contributed by atoms with Crippen LogP contribution in [0.25, 0.3) is 10.9 Å². The number of carbonyl (C=O) groups is 2. The van der Waals surface area contributed by atoms with Gasteiger partial charge in [-0.05, 0) is 169 Å². The van der Waals surface area contributed by atoms with Gasteiger partial charge in [-0.15, -0.1) is 31.8 Å². The van der Waals surface area contributed by atoms with Crippen LogP contribution in [0.1, 0.15) is 79.2 Å². The third kappa shape index (κ3) is 19.9. The van der Waals surface area contributed by atoms with E-state index >= 15 is 0 Å². The number of hydrogen-bond donors (Lipinski definition) is 5. The van der Waals surface area contributed by atoms with E-state index in [2.05, 4.69) is 52.3 Å². The second kappa shape index (κ2) is 34.6. The average molecular weight is 1110 g/mol. The highest BCUT2D eigenvalue weighted by atomic mass is 35.5. The van der Waals surface area contributed by atoms with Gasteiger partial charge in [-0.1, -0.05) is 68.1 Å². The van der Waals surface area contributed by atoms with Gasteiger partial charge < -0.3 is 54.0 Å². The number of halogens is 1. The largest absolute Gasteiger partial charge is 0.493 e. The summed E-state index contributed by atoms with van der Waals surface area (Å²) in [7, 11) is 6.33. The highest BCUT2D eigenvalue weighted by molar-refractivity contribution is 5.85. The number of aromatic nitrogens is 1. The fourth-order valence-corrected chi connectivity index (χ4v) is 9.29. The molecule has 0 spiro atoms. The van der Waals surface area contributed by atoms with E-state index < -0.39 is 43.5 Å². The molecule has 1 aromatic heterocycles. The number of fused-ring (bicyclic) bond motifs is 4. The Hall–Kier alpha value is -8.20. The molecule has 0 saturated carbocycles. The second-order valence-corrected chi connectivity index (χ2v) is 18.1. The fourth-order valence-electron chi connectivity index (χ4n) is 9.29. The van der Waals surface area contributed by atoms with Gasteiger partial charge in [-0.25, -0.2) is 9.59 Å². The average Bonchev–Trinajstić information content (AvgIpc) is 3.49. The molecule has 5 N–H and O–H groups in total. The lowest BCUT2D eigenvalue weighted by Crippen LogP contribution is -2.54. The van der Waals surface area contributed by atoms with Crippen molar-refractivity contribution < 1.29 is 63.5 Å². The van der Waals surface area contributed by atoms with Crippen molar-refractivity contribution in [1.29, 1.82) is 0 Å². The zero-order valence-corrected chi connectivity index (χ0v) is 45.6. The third-order valence-corrected chi connectivity index (χ3v) is 13.2. The van der Waals surface area contributed by atoms with Crippen molar-refractivity contribution in [2.75, 3.05) is 54.7 Å². The first-order chi connectivity index (χ1) is 37.7. The number of piperidine rings is 3. The molecule has 7 atom stereocenters. The number of aliphatic hydroxyl groups excluding tert-OH is 3. The first-order valence-electron chi connectivity index (χ1n) is 25.2. The maximum atomic E-state index is 11.0. The number of nitrogens with zero attached hydrogens (tertiary/aromatic N) is 2. The number of rotatable bonds is 21. The Labute approximate surface area is 476 Å². The smallest absolute Gasteiger partial charge is 0.341 e. The number of carboxylic acid groups (broad SMARTS) is 2. The van der Waals surface area contributed by atoms with Crippen LogP contribution in [0.4, 0.5) is 0 Å². The van der Waals surface area contributed by atoms with Gasteiger partial charge in [0.1, 0.15) is 11.5 Å². The summed E-state index contributed by atoms with van der Waals surface area (Å²) >= 11 is 0. The molecule has 16 heteroatoms. The maximum absolute atomic E-state index is 11.0. The van der Waals surface area contributed by atoms with Crippen molar-refractivity contribution in [2.45, 2.75) is 70.3 Å². The topological polar surface area (TPSA) is 207 Å². The third-order valence-electron chi connectivity index (χ3n) is 13.2. The number of aliphatic carboxylic acids is 2. The van der Waals surface area contributed by atoms with Crippen LogP contribution in [0.5, 0.6) is 34.5 Å². The summed E-state index contributed by atoms with van der Waals surface area (Å²) in [5.41, 5.74) is 5.38. The Bertz CT molecular complexity index is 2920. The van der Waals surface area contributed by atoms with Crippen LogP contribution in [0.3, 0.4) is 0 Å². The molecule has 5 aromatic carbocycles. The molecule has 0 amide bonds. The number of pyridine rings is 1. The highest BCUT2D eigenvalue weighted by Gasteiger charge is 2.42. The summed E-state index contributed by atoms with van der Waals surface area (Å²) in [5.74, 6) is 11.3. The number of terminal acetylenes is 2. The van der Waals surface area contributed by atoms with Crippen LogP contribution < -0.4 is 28.4 Å². The second-order valence-electron chi connectivity index (χ2n) is 18.1. The number of hydrogen-bond acceptors (Lipinski definition) is 13. The zero-order chi connectivity index (χ0) is 56.4. The van der Waals surface area contributed by atoms with Gasteiger partial charge in [0.15, 0.2) is 36.2 Å². The molecule has 424 valence electrons. The summed E-state index contributed by atoms with van der Waals surface area (Å²) in [6.07, 6.45) is 16.1. The molecule has 3 aliphatic rings. The standard InChI is InChI=1S/C19H22N2O.2C19H22O6.C6H2.CH4.ClH/c1-2-13-12-21-10-8-14(13)11-18(21)19(22)16-7-9-20-17-6-4-3-5-15(16)17;2*1-23-17-9-7-13(10-18(17)24-2)6-8-16(20)14-4-3-5-15(11-14)25-12-19(21)22;1-3-5-6-4-2;;/h2-7,9,13-14,18-19,22H,1,8,10-12H2;2*3-5,7,9-11,16,20H,6,8,12H2,1-2H3,(H,21,22);1-2H;1H4;1H/t13-,14-,18-,19+;2*16-;;;/m011.../s1. The molecule has 9 rings (SSSR count). The van der Waals surface area contributed by atoms with Crippen molar-refractivity contribution >= 4 is 35.2 Å². The first kappa shape index (κ1) is 66.1. The van der Waals surface area contributed by atoms with E-state index in [0.29, 0.717) is 83.1 Å². The van der Waals surface area contributed by atoms with Crippen molar-refractivity contribution in [1.82, 2.24) is 9.88 Å². The summed E-state index contributed by atoms with van der Waals surface area (Å²) in [6.45, 7) is 5.29. The van der Waals surface area contributed by atoms with Crippen LogP contribution in [-0.4, -0.2) is 108 Å². The number of aryl methyl sites for hydroxylation is 2. The van der Waals surface area contributed by atoms with E-state index in [1.165, 1.54) is 6.42 Å². The normalized spacial score (nSPS) is 16.3. The minimum absolute atomic E-state index is 0. The van der Waals surface area contributed by atoms with Gasteiger partial charge in [0.25, 0.3) is 0 Å². The summed E-state index contributed by atoms with van der Waals surface area (Å²) in [5, 5.41) is 50.2. The molecule has 1 unspecified atom stereocenters. The number of ether oxygens (including phenoxy) is 6. The fraction of sp³-hybridized carbons (Fsp3) is 0.328. The van der Waals surface area contributed by atoms with Crippen LogP contribution in [0, 0.1) is 48.4 Å². The first-order valence-corrected chi connectivity index (χ1v) is 25.2. The molecule has 0 radical (unpaired) electrons. The lowest BCUT2D eigenvalue weighted by molar-refractivity contribution is -0.140. The molecule has 3 fully saturated rings. The van der Waals surface area contributed by atoms with Crippen LogP contribution in [-0.2, 0) is 22.4 Å². The van der Waals surface area contributed by atoms with E-state index in [1.54, 1.807) is 77.0 Å². The van der Waals surface area contributed by atoms with E-state index in [1.807, 2.05) is 66.9 Å². The molecule has 15 nitrogen and oxygen atoms in total. The van der Waals surface area contributed by atoms with Gasteiger partial charge in [-0.2, -0.15) is 0 Å². The number of benzene rings is 5. The van der Waals surface area contributed by atoms with Crippen molar-refractivity contribution in [3.63, 3.8) is 0 Å². The Morgan fingerprint density at radius 1 is 0.700 bits per heavy atom. The van der Waals surface area contributed by atoms with E-state index in [-0.39, 0.29) is 25.9 Å².